The normalized spacial score (nSPS) is 15.9. The van der Waals surface area contributed by atoms with Gasteiger partial charge in [0.15, 0.2) is 0 Å². The molecule has 2 fully saturated rings. The molecule has 0 unspecified atom stereocenters. The number of hydrogen-bond acceptors (Lipinski definition) is 7. The number of rotatable bonds is 6. The number of likely N-dealkylation sites (tertiary alicyclic amines) is 1. The van der Waals surface area contributed by atoms with Crippen LogP contribution in [0.5, 0.6) is 0 Å². The van der Waals surface area contributed by atoms with E-state index in [4.69, 9.17) is 4.74 Å². The van der Waals surface area contributed by atoms with E-state index < -0.39 is 0 Å². The topological polar surface area (TPSA) is 102 Å². The van der Waals surface area contributed by atoms with Crippen molar-refractivity contribution in [3.8, 4) is 11.3 Å². The summed E-state index contributed by atoms with van der Waals surface area (Å²) in [6.07, 6.45) is 7.47. The lowest BCUT2D eigenvalue weighted by Crippen LogP contribution is -2.51. The van der Waals surface area contributed by atoms with Crippen LogP contribution < -0.4 is 5.32 Å². The molecule has 3 heterocycles. The molecule has 9 heteroatoms. The minimum Gasteiger partial charge on any atom is -0.465 e. The van der Waals surface area contributed by atoms with Crippen LogP contribution in [0, 0.1) is 12.8 Å². The van der Waals surface area contributed by atoms with Gasteiger partial charge in [-0.15, -0.1) is 0 Å². The van der Waals surface area contributed by atoms with Crippen LogP contribution in [0.25, 0.3) is 11.3 Å². The maximum absolute atomic E-state index is 12.1. The first-order chi connectivity index (χ1) is 15.5. The molecule has 9 nitrogen and oxygen atoms in total. The van der Waals surface area contributed by atoms with Gasteiger partial charge in [0.05, 0.1) is 36.3 Å². The molecule has 0 spiro atoms. The number of nitrogens with zero attached hydrogens (tertiary/aromatic N) is 5. The van der Waals surface area contributed by atoms with Crippen molar-refractivity contribution in [3.05, 3.63) is 54.0 Å². The Hall–Kier alpha value is -3.75. The fourth-order valence-electron chi connectivity index (χ4n) is 3.80. The molecule has 2 aromatic heterocycles. The van der Waals surface area contributed by atoms with Crippen molar-refractivity contribution in [2.45, 2.75) is 25.8 Å². The number of esters is 1. The van der Waals surface area contributed by atoms with Gasteiger partial charge in [-0.3, -0.25) is 9.48 Å². The number of aryl methyl sites for hydroxylation is 1. The SMILES string of the molecule is COC(=O)c1ccc(-c2nc(Nc3cnn(C4CN(C(=O)C5CC5)C4)c3)ncc2C)cc1. The molecule has 1 aromatic carbocycles. The minimum absolute atomic E-state index is 0.205. The predicted octanol–water partition coefficient (Wildman–Crippen LogP) is 2.97. The third-order valence-electron chi connectivity index (χ3n) is 5.88. The summed E-state index contributed by atoms with van der Waals surface area (Å²) in [5.74, 6) is 0.630. The Kier molecular flexibility index (Phi) is 5.08. The van der Waals surface area contributed by atoms with Crippen molar-refractivity contribution >= 4 is 23.5 Å². The van der Waals surface area contributed by atoms with Crippen molar-refractivity contribution in [1.82, 2.24) is 24.6 Å². The van der Waals surface area contributed by atoms with Crippen LogP contribution in [0.2, 0.25) is 0 Å². The number of carbonyl (C=O) groups is 2. The summed E-state index contributed by atoms with van der Waals surface area (Å²) in [6.45, 7) is 3.36. The van der Waals surface area contributed by atoms with Gasteiger partial charge >= 0.3 is 5.97 Å². The number of anilines is 2. The first kappa shape index (κ1) is 20.2. The van der Waals surface area contributed by atoms with E-state index in [1.54, 1.807) is 24.5 Å². The standard InChI is InChI=1S/C23H24N6O3/c1-14-9-24-23(27-20(14)15-3-7-17(8-4-15)22(31)32-2)26-18-10-25-29(11-18)19-12-28(13-19)21(30)16-5-6-16/h3-4,7-11,16,19H,5-6,12-13H2,1-2H3,(H,24,26,27). The Bertz CT molecular complexity index is 1160. The van der Waals surface area contributed by atoms with E-state index in [2.05, 4.69) is 20.4 Å². The molecule has 32 heavy (non-hydrogen) atoms. The monoisotopic (exact) mass is 432 g/mol. The van der Waals surface area contributed by atoms with Crippen molar-refractivity contribution in [1.29, 1.82) is 0 Å². The number of aromatic nitrogens is 4. The van der Waals surface area contributed by atoms with Crippen LogP contribution >= 0.6 is 0 Å². The van der Waals surface area contributed by atoms with Crippen LogP contribution in [0.1, 0.15) is 34.8 Å². The molecule has 5 rings (SSSR count). The zero-order chi connectivity index (χ0) is 22.2. The van der Waals surface area contributed by atoms with E-state index in [9.17, 15) is 9.59 Å². The van der Waals surface area contributed by atoms with Gasteiger partial charge in [0.1, 0.15) is 0 Å². The zero-order valence-corrected chi connectivity index (χ0v) is 18.0. The van der Waals surface area contributed by atoms with Crippen molar-refractivity contribution in [2.24, 2.45) is 5.92 Å². The smallest absolute Gasteiger partial charge is 0.337 e. The Morgan fingerprint density at radius 3 is 2.56 bits per heavy atom. The number of ether oxygens (including phenoxy) is 1. The van der Waals surface area contributed by atoms with E-state index >= 15 is 0 Å². The highest BCUT2D eigenvalue weighted by Gasteiger charge is 2.40. The van der Waals surface area contributed by atoms with Gasteiger partial charge in [-0.2, -0.15) is 5.10 Å². The van der Waals surface area contributed by atoms with Crippen LogP contribution in [0.4, 0.5) is 11.6 Å². The van der Waals surface area contributed by atoms with Gasteiger partial charge in [-0.05, 0) is 37.5 Å². The maximum atomic E-state index is 12.1. The second-order valence-electron chi connectivity index (χ2n) is 8.30. The molecule has 164 valence electrons. The summed E-state index contributed by atoms with van der Waals surface area (Å²) >= 11 is 0. The third kappa shape index (κ3) is 3.93. The number of benzene rings is 1. The first-order valence-electron chi connectivity index (χ1n) is 10.6. The van der Waals surface area contributed by atoms with Crippen molar-refractivity contribution in [2.75, 3.05) is 25.5 Å². The molecule has 1 saturated carbocycles. The van der Waals surface area contributed by atoms with Gasteiger partial charge < -0.3 is 15.0 Å². The molecule has 1 aliphatic heterocycles. The summed E-state index contributed by atoms with van der Waals surface area (Å²) in [5, 5.41) is 7.64. The van der Waals surface area contributed by atoms with Crippen LogP contribution in [-0.2, 0) is 9.53 Å². The summed E-state index contributed by atoms with van der Waals surface area (Å²) < 4.78 is 6.64. The van der Waals surface area contributed by atoms with E-state index in [1.807, 2.05) is 34.8 Å². The van der Waals surface area contributed by atoms with Gasteiger partial charge in [0.25, 0.3) is 0 Å². The molecule has 1 aliphatic carbocycles. The Balaban J connectivity index is 1.26. The molecule has 0 atom stereocenters. The second kappa shape index (κ2) is 8.07. The van der Waals surface area contributed by atoms with Gasteiger partial charge in [-0.25, -0.2) is 14.8 Å². The lowest BCUT2D eigenvalue weighted by Gasteiger charge is -2.39. The fraction of sp³-hybridized carbons (Fsp3) is 0.348. The third-order valence-corrected chi connectivity index (χ3v) is 5.88. The molecule has 3 aromatic rings. The van der Waals surface area contributed by atoms with Crippen molar-refractivity contribution in [3.63, 3.8) is 0 Å². The second-order valence-corrected chi connectivity index (χ2v) is 8.30. The maximum Gasteiger partial charge on any atom is 0.337 e. The summed E-state index contributed by atoms with van der Waals surface area (Å²) in [7, 11) is 1.36. The quantitative estimate of drug-likeness (QED) is 0.598. The molecular weight excluding hydrogens is 408 g/mol. The molecular formula is C23H24N6O3. The molecule has 0 bridgehead atoms. The average Bonchev–Trinajstić information content (AvgIpc) is 3.54. The predicted molar refractivity (Wildman–Crippen MR) is 117 cm³/mol. The Morgan fingerprint density at radius 2 is 1.88 bits per heavy atom. The van der Waals surface area contributed by atoms with Gasteiger partial charge in [0.2, 0.25) is 11.9 Å². The summed E-state index contributed by atoms with van der Waals surface area (Å²) in [4.78, 5) is 34.7. The molecule has 1 saturated heterocycles. The molecule has 2 aliphatic rings. The van der Waals surface area contributed by atoms with E-state index in [0.29, 0.717) is 24.6 Å². The van der Waals surface area contributed by atoms with Gasteiger partial charge in [-0.1, -0.05) is 12.1 Å². The largest absolute Gasteiger partial charge is 0.465 e. The van der Waals surface area contributed by atoms with Gasteiger partial charge in [0, 0.05) is 37.0 Å². The highest BCUT2D eigenvalue weighted by Crippen LogP contribution is 2.34. The number of carbonyl (C=O) groups excluding carboxylic acids is 2. The first-order valence-corrected chi connectivity index (χ1v) is 10.6. The number of hydrogen-bond donors (Lipinski definition) is 1. The lowest BCUT2D eigenvalue weighted by atomic mass is 10.1. The molecule has 0 radical (unpaired) electrons. The van der Waals surface area contributed by atoms with Crippen LogP contribution in [0.15, 0.2) is 42.9 Å². The number of nitrogens with one attached hydrogen (secondary N) is 1. The van der Waals surface area contributed by atoms with Crippen LogP contribution in [-0.4, -0.2) is 56.7 Å². The Labute approximate surface area is 185 Å². The summed E-state index contributed by atoms with van der Waals surface area (Å²) in [6, 6.07) is 7.32. The molecule has 1 N–H and O–H groups in total. The highest BCUT2D eigenvalue weighted by molar-refractivity contribution is 5.90. The average molecular weight is 432 g/mol. The van der Waals surface area contributed by atoms with Crippen LogP contribution in [0.3, 0.4) is 0 Å². The fourth-order valence-corrected chi connectivity index (χ4v) is 3.80. The number of methoxy groups -OCH3 is 1. The minimum atomic E-state index is -0.373. The van der Waals surface area contributed by atoms with E-state index in [-0.39, 0.29) is 23.8 Å². The molecule has 1 amide bonds. The number of amides is 1. The Morgan fingerprint density at radius 1 is 1.12 bits per heavy atom. The van der Waals surface area contributed by atoms with E-state index in [1.165, 1.54) is 7.11 Å². The summed E-state index contributed by atoms with van der Waals surface area (Å²) in [5.41, 5.74) is 3.85. The lowest BCUT2D eigenvalue weighted by molar-refractivity contribution is -0.138. The van der Waals surface area contributed by atoms with E-state index in [0.717, 1.165) is 35.3 Å². The highest BCUT2D eigenvalue weighted by atomic mass is 16.5. The zero-order valence-electron chi connectivity index (χ0n) is 18.0. The van der Waals surface area contributed by atoms with Crippen molar-refractivity contribution < 1.29 is 14.3 Å².